The molecule has 6 rings (SSSR count). The van der Waals surface area contributed by atoms with Gasteiger partial charge in [-0.05, 0) is 55.5 Å². The number of fused-ring (bicyclic) bond motifs is 1. The summed E-state index contributed by atoms with van der Waals surface area (Å²) in [6.45, 7) is 0. The number of imidazole rings is 1. The first-order chi connectivity index (χ1) is 18.3. The summed E-state index contributed by atoms with van der Waals surface area (Å²) in [5.74, 6) is -0.710. The molecule has 0 spiro atoms. The molecule has 2 aromatic heterocycles. The molecule has 0 saturated heterocycles. The lowest BCUT2D eigenvalue weighted by Crippen LogP contribution is -2.14. The van der Waals surface area contributed by atoms with Gasteiger partial charge in [0.15, 0.2) is 11.5 Å². The van der Waals surface area contributed by atoms with Gasteiger partial charge in [0.2, 0.25) is 11.8 Å². The quantitative estimate of drug-likeness (QED) is 0.327. The number of ether oxygens (including phenoxy) is 1. The van der Waals surface area contributed by atoms with E-state index in [4.69, 9.17) is 16.3 Å². The third kappa shape index (κ3) is 4.64. The van der Waals surface area contributed by atoms with Crippen molar-refractivity contribution >= 4 is 40.6 Å². The molecule has 190 valence electrons. The Morgan fingerprint density at radius 2 is 1.97 bits per heavy atom. The molecule has 0 radical (unpaired) electrons. The highest BCUT2D eigenvalue weighted by molar-refractivity contribution is 6.32. The third-order valence-electron chi connectivity index (χ3n) is 6.62. The number of hydrogen-bond acceptors (Lipinski definition) is 6. The van der Waals surface area contributed by atoms with E-state index in [9.17, 15) is 19.2 Å². The molecule has 2 aromatic carbocycles. The number of rotatable bonds is 7. The summed E-state index contributed by atoms with van der Waals surface area (Å²) < 4.78 is 21.9. The Hall–Kier alpha value is -4.49. The summed E-state index contributed by atoms with van der Waals surface area (Å²) in [4.78, 5) is 29.2. The number of nitrogens with zero attached hydrogens (tertiary/aromatic N) is 4. The van der Waals surface area contributed by atoms with Crippen molar-refractivity contribution in [2.24, 2.45) is 5.92 Å². The van der Waals surface area contributed by atoms with Crippen molar-refractivity contribution in [3.63, 3.8) is 0 Å². The van der Waals surface area contributed by atoms with Gasteiger partial charge in [-0.3, -0.25) is 9.59 Å². The molecule has 11 heteroatoms. The molecule has 2 saturated carbocycles. The van der Waals surface area contributed by atoms with E-state index >= 15 is 0 Å². The average Bonchev–Trinajstić information content (AvgIpc) is 3.83. The third-order valence-corrected chi connectivity index (χ3v) is 6.92. The predicted octanol–water partition coefficient (Wildman–Crippen LogP) is 5.47. The Bertz CT molecular complexity index is 1650. The molecule has 38 heavy (non-hydrogen) atoms. The fourth-order valence-corrected chi connectivity index (χ4v) is 4.30. The largest absolute Gasteiger partial charge is 0.436 e. The van der Waals surface area contributed by atoms with Gasteiger partial charge in [0, 0.05) is 23.6 Å². The molecule has 2 N–H and O–H groups in total. The maximum Gasteiger partial charge on any atom is 0.255 e. The monoisotopic (exact) mass is 530 g/mol. The number of nitrogens with one attached hydrogen (secondary N) is 2. The predicted molar refractivity (Wildman–Crippen MR) is 137 cm³/mol. The van der Waals surface area contributed by atoms with Gasteiger partial charge in [-0.1, -0.05) is 23.7 Å². The number of nitriles is 1. The van der Waals surface area contributed by atoms with Crippen LogP contribution in [0.1, 0.15) is 41.6 Å². The van der Waals surface area contributed by atoms with E-state index in [-0.39, 0.29) is 34.2 Å². The van der Waals surface area contributed by atoms with Crippen LogP contribution in [0.2, 0.25) is 5.02 Å². The van der Waals surface area contributed by atoms with Crippen LogP contribution >= 0.6 is 11.6 Å². The minimum atomic E-state index is -0.739. The second kappa shape index (κ2) is 9.11. The van der Waals surface area contributed by atoms with E-state index in [2.05, 4.69) is 26.8 Å². The highest BCUT2D eigenvalue weighted by Crippen LogP contribution is 2.47. The number of anilines is 2. The van der Waals surface area contributed by atoms with Crippen LogP contribution in [-0.2, 0) is 10.2 Å². The number of aromatic nitrogens is 3. The van der Waals surface area contributed by atoms with Crippen LogP contribution in [0.4, 0.5) is 15.9 Å². The number of halogens is 2. The summed E-state index contributed by atoms with van der Waals surface area (Å²) in [5, 5.41) is 19.1. The molecule has 9 nitrogen and oxygen atoms in total. The van der Waals surface area contributed by atoms with Crippen LogP contribution in [-0.4, -0.2) is 26.4 Å². The van der Waals surface area contributed by atoms with Crippen molar-refractivity contribution in [2.75, 3.05) is 10.6 Å². The van der Waals surface area contributed by atoms with Gasteiger partial charge in [0.05, 0.1) is 28.4 Å². The molecular weight excluding hydrogens is 511 g/mol. The van der Waals surface area contributed by atoms with Gasteiger partial charge < -0.3 is 15.4 Å². The zero-order chi connectivity index (χ0) is 26.4. The van der Waals surface area contributed by atoms with E-state index in [0.717, 1.165) is 37.3 Å². The normalized spacial score (nSPS) is 15.5. The summed E-state index contributed by atoms with van der Waals surface area (Å²) in [6, 6.07) is 14.6. The van der Waals surface area contributed by atoms with Crippen molar-refractivity contribution in [1.29, 1.82) is 5.26 Å². The second-order valence-corrected chi connectivity index (χ2v) is 9.86. The van der Waals surface area contributed by atoms with Crippen LogP contribution in [0.25, 0.3) is 5.65 Å². The first-order valence-electron chi connectivity index (χ1n) is 12.0. The average molecular weight is 531 g/mol. The van der Waals surface area contributed by atoms with Gasteiger partial charge in [0.25, 0.3) is 5.91 Å². The maximum absolute atomic E-state index is 14.7. The molecule has 2 amide bonds. The molecule has 2 fully saturated rings. The zero-order valence-corrected chi connectivity index (χ0v) is 20.6. The molecule has 0 unspecified atom stereocenters. The first-order valence-corrected chi connectivity index (χ1v) is 12.4. The van der Waals surface area contributed by atoms with Gasteiger partial charge in [-0.15, -0.1) is 5.10 Å². The fourth-order valence-electron chi connectivity index (χ4n) is 4.11. The number of amides is 2. The molecule has 2 heterocycles. The van der Waals surface area contributed by atoms with Crippen LogP contribution in [0, 0.1) is 23.1 Å². The van der Waals surface area contributed by atoms with Crippen LogP contribution in [0.3, 0.4) is 0 Å². The Balaban J connectivity index is 1.20. The van der Waals surface area contributed by atoms with Crippen LogP contribution in [0.5, 0.6) is 11.6 Å². The van der Waals surface area contributed by atoms with Crippen LogP contribution in [0.15, 0.2) is 54.7 Å². The van der Waals surface area contributed by atoms with E-state index in [0.29, 0.717) is 17.0 Å². The molecule has 2 aliphatic carbocycles. The first kappa shape index (κ1) is 23.9. The minimum absolute atomic E-state index is 0.0166. The van der Waals surface area contributed by atoms with Gasteiger partial charge in [-0.25, -0.2) is 13.9 Å². The molecule has 0 atom stereocenters. The summed E-state index contributed by atoms with van der Waals surface area (Å²) in [7, 11) is 0. The summed E-state index contributed by atoms with van der Waals surface area (Å²) in [5.41, 5.74) is 0.890. The lowest BCUT2D eigenvalue weighted by molar-refractivity contribution is -0.117. The highest BCUT2D eigenvalue weighted by atomic mass is 35.5. The van der Waals surface area contributed by atoms with Crippen molar-refractivity contribution < 1.29 is 18.7 Å². The van der Waals surface area contributed by atoms with E-state index < -0.39 is 17.1 Å². The number of carbonyl (C=O) groups excluding carboxylic acids is 2. The second-order valence-electron chi connectivity index (χ2n) is 9.46. The molecule has 2 aliphatic rings. The molecule has 0 aliphatic heterocycles. The smallest absolute Gasteiger partial charge is 0.255 e. The maximum atomic E-state index is 14.7. The van der Waals surface area contributed by atoms with Crippen LogP contribution < -0.4 is 15.4 Å². The lowest BCUT2D eigenvalue weighted by atomic mass is 9.96. The minimum Gasteiger partial charge on any atom is -0.436 e. The van der Waals surface area contributed by atoms with Crippen molar-refractivity contribution in [2.45, 2.75) is 31.1 Å². The molecule has 4 aromatic rings. The Morgan fingerprint density at radius 1 is 1.16 bits per heavy atom. The van der Waals surface area contributed by atoms with E-state index in [1.165, 1.54) is 10.6 Å². The number of benzene rings is 2. The number of carbonyl (C=O) groups is 2. The van der Waals surface area contributed by atoms with Crippen molar-refractivity contribution in [3.05, 3.63) is 76.7 Å². The Kier molecular flexibility index (Phi) is 5.73. The van der Waals surface area contributed by atoms with Gasteiger partial charge in [0.1, 0.15) is 11.6 Å². The fraction of sp³-hybridized carbons (Fsp3) is 0.222. The number of hydrogen-bond donors (Lipinski definition) is 2. The lowest BCUT2D eigenvalue weighted by Gasteiger charge is -2.12. The SMILES string of the molecule is N#CC1(c2cccc(C(=O)Nc3cc(Oc4ccc5nc(NC(=O)C6CC6)cn5n4)c(Cl)cc3F)c2)CC1. The van der Waals surface area contributed by atoms with E-state index in [1.807, 2.05) is 6.07 Å². The van der Waals surface area contributed by atoms with Gasteiger partial charge >= 0.3 is 0 Å². The van der Waals surface area contributed by atoms with Crippen molar-refractivity contribution in [1.82, 2.24) is 14.6 Å². The summed E-state index contributed by atoms with van der Waals surface area (Å²) in [6.07, 6.45) is 4.81. The van der Waals surface area contributed by atoms with Crippen molar-refractivity contribution in [3.8, 4) is 17.7 Å². The topological polar surface area (TPSA) is 121 Å². The zero-order valence-electron chi connectivity index (χ0n) is 19.9. The standard InChI is InChI=1S/C27H20ClFN6O3/c28-18-11-19(29)20(31-26(37)16-2-1-3-17(10-16)27(14-30)8-9-27)12-21(18)38-24-7-6-23-32-22(13-35(23)34-24)33-25(36)15-4-5-15/h1-3,6-7,10-13,15H,4-5,8-9H2,(H,31,37)(H,33,36). The van der Waals surface area contributed by atoms with Gasteiger partial charge in [-0.2, -0.15) is 5.26 Å². The summed E-state index contributed by atoms with van der Waals surface area (Å²) >= 11 is 6.21. The Labute approximate surface area is 221 Å². The molecule has 0 bridgehead atoms. The highest BCUT2D eigenvalue weighted by Gasteiger charge is 2.45. The van der Waals surface area contributed by atoms with E-state index in [1.54, 1.807) is 36.5 Å². The Morgan fingerprint density at radius 3 is 2.71 bits per heavy atom. The molecular formula is C27H20ClFN6O3.